The molecule has 0 aliphatic heterocycles. The van der Waals surface area contributed by atoms with Crippen molar-refractivity contribution in [2.24, 2.45) is 0 Å². The number of rotatable bonds is 4. The normalized spacial score (nSPS) is 12.1. The fourth-order valence-corrected chi connectivity index (χ4v) is 1.84. The molecule has 0 aromatic rings. The van der Waals surface area contributed by atoms with Crippen molar-refractivity contribution in [2.45, 2.75) is 19.1 Å². The molecule has 0 radical (unpaired) electrons. The molecule has 2 heteroatoms. The van der Waals surface area contributed by atoms with E-state index in [9.17, 15) is 0 Å². The fourth-order valence-electron chi connectivity index (χ4n) is 0.614. The van der Waals surface area contributed by atoms with Gasteiger partial charge in [-0.3, -0.25) is 0 Å². The van der Waals surface area contributed by atoms with Crippen LogP contribution in [0.1, 0.15) is 0 Å². The molecule has 0 saturated heterocycles. The molecule has 0 aliphatic carbocycles. The van der Waals surface area contributed by atoms with Gasteiger partial charge in [0.15, 0.2) is 0 Å². The molecule has 1 nitrogen and oxygen atoms in total. The standard InChI is InChI=1S/C8H19NSi/c1-6-10(4,5)8-7-9(2)3/h6H,1,7-8H2,2-5H3. The summed E-state index contributed by atoms with van der Waals surface area (Å²) in [5, 5.41) is 0. The van der Waals surface area contributed by atoms with E-state index in [4.69, 9.17) is 0 Å². The molecule has 0 atom stereocenters. The van der Waals surface area contributed by atoms with Crippen LogP contribution in [0.25, 0.3) is 0 Å². The SMILES string of the molecule is C=C[Si](C)(C)CCN(C)C. The highest BCUT2D eigenvalue weighted by Gasteiger charge is 2.14. The molecule has 0 aromatic carbocycles. The Balaban J connectivity index is 3.56. The van der Waals surface area contributed by atoms with E-state index in [1.807, 2.05) is 0 Å². The van der Waals surface area contributed by atoms with Gasteiger partial charge < -0.3 is 4.90 Å². The topological polar surface area (TPSA) is 3.24 Å². The molecule has 10 heavy (non-hydrogen) atoms. The molecular weight excluding hydrogens is 138 g/mol. The van der Waals surface area contributed by atoms with Crippen LogP contribution < -0.4 is 0 Å². The van der Waals surface area contributed by atoms with Crippen molar-refractivity contribution < 1.29 is 0 Å². The molecule has 0 saturated carbocycles. The van der Waals surface area contributed by atoms with Crippen molar-refractivity contribution in [1.82, 2.24) is 4.90 Å². The summed E-state index contributed by atoms with van der Waals surface area (Å²) in [6.45, 7) is 9.75. The van der Waals surface area contributed by atoms with Gasteiger partial charge in [0.05, 0.1) is 8.07 Å². The van der Waals surface area contributed by atoms with Crippen molar-refractivity contribution in [1.29, 1.82) is 0 Å². The lowest BCUT2D eigenvalue weighted by Crippen LogP contribution is -2.28. The third kappa shape index (κ3) is 4.76. The van der Waals surface area contributed by atoms with Crippen molar-refractivity contribution >= 4 is 8.07 Å². The first-order valence-electron chi connectivity index (χ1n) is 3.76. The van der Waals surface area contributed by atoms with Crippen LogP contribution in [0.3, 0.4) is 0 Å². The molecule has 0 rings (SSSR count). The van der Waals surface area contributed by atoms with E-state index in [0.29, 0.717) is 0 Å². The van der Waals surface area contributed by atoms with Gasteiger partial charge in [-0.2, -0.15) is 0 Å². The summed E-state index contributed by atoms with van der Waals surface area (Å²) in [5.41, 5.74) is 2.16. The highest BCUT2D eigenvalue weighted by atomic mass is 28.3. The number of hydrogen-bond donors (Lipinski definition) is 0. The van der Waals surface area contributed by atoms with Gasteiger partial charge in [-0.05, 0) is 26.7 Å². The third-order valence-corrected chi connectivity index (χ3v) is 4.37. The van der Waals surface area contributed by atoms with Crippen molar-refractivity contribution in [3.05, 3.63) is 12.3 Å². The second-order valence-corrected chi connectivity index (χ2v) is 8.63. The molecular formula is C8H19NSi. The van der Waals surface area contributed by atoms with Crippen LogP contribution in [-0.4, -0.2) is 33.6 Å². The number of hydrogen-bond acceptors (Lipinski definition) is 1. The molecule has 0 heterocycles. The lowest BCUT2D eigenvalue weighted by atomic mass is 10.7. The van der Waals surface area contributed by atoms with E-state index in [2.05, 4.69) is 44.4 Å². The average Bonchev–Trinajstić information content (AvgIpc) is 1.85. The maximum absolute atomic E-state index is 3.85. The highest BCUT2D eigenvalue weighted by Crippen LogP contribution is 2.09. The van der Waals surface area contributed by atoms with Crippen molar-refractivity contribution in [2.75, 3.05) is 20.6 Å². The molecule has 0 amide bonds. The minimum absolute atomic E-state index is 1.02. The van der Waals surface area contributed by atoms with Crippen LogP contribution in [0, 0.1) is 0 Å². The Bertz CT molecular complexity index is 108. The van der Waals surface area contributed by atoms with Crippen LogP contribution in [-0.2, 0) is 0 Å². The van der Waals surface area contributed by atoms with Gasteiger partial charge in [-0.25, -0.2) is 0 Å². The zero-order chi connectivity index (χ0) is 8.20. The van der Waals surface area contributed by atoms with Crippen LogP contribution in [0.4, 0.5) is 0 Å². The molecule has 0 N–H and O–H groups in total. The fraction of sp³-hybridized carbons (Fsp3) is 0.750. The first-order valence-corrected chi connectivity index (χ1v) is 7.05. The minimum atomic E-state index is -1.02. The predicted octanol–water partition coefficient (Wildman–Crippen LogP) is 1.98. The maximum Gasteiger partial charge on any atom is 0.0722 e. The predicted molar refractivity (Wildman–Crippen MR) is 51.0 cm³/mol. The van der Waals surface area contributed by atoms with Crippen LogP contribution in [0.2, 0.25) is 19.1 Å². The molecule has 0 aromatic heterocycles. The molecule has 0 spiro atoms. The van der Waals surface area contributed by atoms with Gasteiger partial charge in [0, 0.05) is 0 Å². The van der Waals surface area contributed by atoms with E-state index >= 15 is 0 Å². The van der Waals surface area contributed by atoms with Crippen LogP contribution in [0.15, 0.2) is 12.3 Å². The molecule has 0 unspecified atom stereocenters. The molecule has 0 aliphatic rings. The first kappa shape index (κ1) is 9.92. The first-order chi connectivity index (χ1) is 4.48. The maximum atomic E-state index is 3.85. The van der Waals surface area contributed by atoms with Crippen molar-refractivity contribution in [3.63, 3.8) is 0 Å². The Labute approximate surface area is 65.7 Å². The van der Waals surface area contributed by atoms with E-state index in [-0.39, 0.29) is 0 Å². The summed E-state index contributed by atoms with van der Waals surface area (Å²) in [6.07, 6.45) is 0. The van der Waals surface area contributed by atoms with Gasteiger partial charge in [-0.1, -0.05) is 13.1 Å². The number of nitrogens with zero attached hydrogens (tertiary/aromatic N) is 1. The summed E-state index contributed by atoms with van der Waals surface area (Å²) in [7, 11) is 3.22. The Morgan fingerprint density at radius 1 is 1.40 bits per heavy atom. The van der Waals surface area contributed by atoms with Gasteiger partial charge >= 0.3 is 0 Å². The zero-order valence-electron chi connectivity index (χ0n) is 7.65. The molecule has 0 fully saturated rings. The van der Waals surface area contributed by atoms with Crippen LogP contribution in [0.5, 0.6) is 0 Å². The molecule has 60 valence electrons. The largest absolute Gasteiger partial charge is 0.310 e. The zero-order valence-corrected chi connectivity index (χ0v) is 8.65. The molecule has 0 bridgehead atoms. The lowest BCUT2D eigenvalue weighted by Gasteiger charge is -2.19. The Hall–Kier alpha value is -0.0831. The quantitative estimate of drug-likeness (QED) is 0.564. The highest BCUT2D eigenvalue weighted by molar-refractivity contribution is 6.82. The van der Waals surface area contributed by atoms with E-state index in [1.165, 1.54) is 12.6 Å². The van der Waals surface area contributed by atoms with E-state index in [0.717, 1.165) is 0 Å². The summed E-state index contributed by atoms with van der Waals surface area (Å²) < 4.78 is 0. The second kappa shape index (κ2) is 3.94. The summed E-state index contributed by atoms with van der Waals surface area (Å²) in [5.74, 6) is 0. The minimum Gasteiger partial charge on any atom is -0.310 e. The van der Waals surface area contributed by atoms with Crippen molar-refractivity contribution in [3.8, 4) is 0 Å². The van der Waals surface area contributed by atoms with Gasteiger partial charge in [0.1, 0.15) is 0 Å². The third-order valence-electron chi connectivity index (χ3n) is 1.76. The van der Waals surface area contributed by atoms with Crippen LogP contribution >= 0.6 is 0 Å². The van der Waals surface area contributed by atoms with E-state index < -0.39 is 8.07 Å². The second-order valence-electron chi connectivity index (χ2n) is 3.75. The smallest absolute Gasteiger partial charge is 0.0722 e. The van der Waals surface area contributed by atoms with Gasteiger partial charge in [0.2, 0.25) is 0 Å². The average molecular weight is 157 g/mol. The summed E-state index contributed by atoms with van der Waals surface area (Å²) in [4.78, 5) is 2.23. The van der Waals surface area contributed by atoms with E-state index in [1.54, 1.807) is 0 Å². The summed E-state index contributed by atoms with van der Waals surface area (Å²) in [6, 6.07) is 1.32. The Morgan fingerprint density at radius 3 is 2.20 bits per heavy atom. The Morgan fingerprint density at radius 2 is 1.90 bits per heavy atom. The van der Waals surface area contributed by atoms with Gasteiger partial charge in [-0.15, -0.1) is 12.3 Å². The summed E-state index contributed by atoms with van der Waals surface area (Å²) >= 11 is 0. The lowest BCUT2D eigenvalue weighted by molar-refractivity contribution is 0.431. The van der Waals surface area contributed by atoms with Gasteiger partial charge in [0.25, 0.3) is 0 Å². The monoisotopic (exact) mass is 157 g/mol. The Kier molecular flexibility index (Phi) is 3.90.